The summed E-state index contributed by atoms with van der Waals surface area (Å²) in [5, 5.41) is 11.8. The van der Waals surface area contributed by atoms with Crippen molar-refractivity contribution in [1.82, 2.24) is 15.0 Å². The number of rotatable bonds is 6. The van der Waals surface area contributed by atoms with E-state index in [2.05, 4.69) is 20.3 Å². The highest BCUT2D eigenvalue weighted by Gasteiger charge is 2.42. The monoisotopic (exact) mass is 376 g/mol. The first-order valence-corrected chi connectivity index (χ1v) is 8.84. The number of nitrogens with zero attached hydrogens (tertiary/aromatic N) is 3. The van der Waals surface area contributed by atoms with Crippen molar-refractivity contribution in [2.45, 2.75) is 37.9 Å². The second kappa shape index (κ2) is 6.47. The van der Waals surface area contributed by atoms with Gasteiger partial charge in [-0.2, -0.15) is 13.2 Å². The molecule has 0 atom stereocenters. The van der Waals surface area contributed by atoms with Crippen LogP contribution in [0.5, 0.6) is 0 Å². The summed E-state index contributed by atoms with van der Waals surface area (Å²) >= 11 is 0. The van der Waals surface area contributed by atoms with E-state index in [1.165, 1.54) is 12.3 Å². The maximum absolute atomic E-state index is 12.9. The first-order chi connectivity index (χ1) is 12.8. The van der Waals surface area contributed by atoms with E-state index < -0.39 is 11.9 Å². The van der Waals surface area contributed by atoms with Crippen molar-refractivity contribution in [3.63, 3.8) is 0 Å². The van der Waals surface area contributed by atoms with Gasteiger partial charge in [-0.15, -0.1) is 0 Å². The summed E-state index contributed by atoms with van der Waals surface area (Å²) in [6, 6.07) is 2.56. The van der Waals surface area contributed by atoms with Crippen LogP contribution in [-0.4, -0.2) is 26.7 Å². The van der Waals surface area contributed by atoms with Crippen LogP contribution in [0.25, 0.3) is 0 Å². The minimum Gasteiger partial charge on any atom is -0.398 e. The zero-order valence-corrected chi connectivity index (χ0v) is 14.4. The molecule has 2 heterocycles. The van der Waals surface area contributed by atoms with E-state index in [1.807, 2.05) is 0 Å². The largest absolute Gasteiger partial charge is 0.433 e. The summed E-state index contributed by atoms with van der Waals surface area (Å²) in [5.74, 6) is 1.59. The molecule has 0 bridgehead atoms. The van der Waals surface area contributed by atoms with Gasteiger partial charge in [0, 0.05) is 17.9 Å². The van der Waals surface area contributed by atoms with Gasteiger partial charge in [0.1, 0.15) is 17.8 Å². The molecule has 2 aliphatic carbocycles. The third-order valence-corrected chi connectivity index (χ3v) is 5.01. The van der Waals surface area contributed by atoms with Crippen LogP contribution in [0, 0.1) is 17.2 Å². The Labute approximate surface area is 153 Å². The molecule has 2 aromatic heterocycles. The normalized spacial score (nSPS) is 17.2. The number of hydrogen-bond acceptors (Lipinski definition) is 6. The molecule has 0 aliphatic heterocycles. The van der Waals surface area contributed by atoms with Crippen molar-refractivity contribution in [2.75, 3.05) is 11.1 Å². The topological polar surface area (TPSA) is 101 Å². The fourth-order valence-electron chi connectivity index (χ4n) is 3.32. The maximum atomic E-state index is 12.9. The first-order valence-electron chi connectivity index (χ1n) is 8.84. The lowest BCUT2D eigenvalue weighted by Crippen LogP contribution is -2.26. The van der Waals surface area contributed by atoms with Crippen LogP contribution in [0.3, 0.4) is 0 Å². The number of halogens is 3. The Morgan fingerprint density at radius 2 is 1.81 bits per heavy atom. The molecule has 2 aromatic rings. The van der Waals surface area contributed by atoms with E-state index in [-0.39, 0.29) is 28.7 Å². The summed E-state index contributed by atoms with van der Waals surface area (Å²) in [4.78, 5) is 11.4. The summed E-state index contributed by atoms with van der Waals surface area (Å²) < 4.78 is 38.8. The molecule has 6 nitrogen and oxygen atoms in total. The van der Waals surface area contributed by atoms with Crippen LogP contribution >= 0.6 is 0 Å². The van der Waals surface area contributed by atoms with Crippen LogP contribution in [0.4, 0.5) is 24.7 Å². The second-order valence-electron chi connectivity index (χ2n) is 7.13. The van der Waals surface area contributed by atoms with Crippen molar-refractivity contribution in [1.29, 1.82) is 5.41 Å². The third kappa shape index (κ3) is 3.72. The number of alkyl halides is 3. The van der Waals surface area contributed by atoms with Crippen molar-refractivity contribution in [2.24, 2.45) is 11.8 Å². The molecule has 0 spiro atoms. The Morgan fingerprint density at radius 1 is 1.15 bits per heavy atom. The van der Waals surface area contributed by atoms with Crippen molar-refractivity contribution >= 4 is 17.2 Å². The summed E-state index contributed by atoms with van der Waals surface area (Å²) in [6.07, 6.45) is 2.36. The van der Waals surface area contributed by atoms with Gasteiger partial charge in [0.15, 0.2) is 0 Å². The highest BCUT2D eigenvalue weighted by Crippen LogP contribution is 2.46. The van der Waals surface area contributed by atoms with Crippen LogP contribution < -0.4 is 11.1 Å². The molecular formula is C18H19F3N6. The molecule has 9 heteroatoms. The number of pyridine rings is 1. The molecule has 0 amide bonds. The van der Waals surface area contributed by atoms with Crippen LogP contribution in [-0.2, 0) is 6.18 Å². The van der Waals surface area contributed by atoms with Gasteiger partial charge in [-0.1, -0.05) is 0 Å². The van der Waals surface area contributed by atoms with Gasteiger partial charge in [-0.3, -0.25) is 5.41 Å². The Balaban J connectivity index is 1.68. The highest BCUT2D eigenvalue weighted by atomic mass is 19.4. The Hall–Kier alpha value is -2.71. The predicted octanol–water partition coefficient (Wildman–Crippen LogP) is 3.49. The van der Waals surface area contributed by atoms with E-state index >= 15 is 0 Å². The average molecular weight is 376 g/mol. The van der Waals surface area contributed by atoms with E-state index in [1.54, 1.807) is 0 Å². The molecule has 2 aliphatic rings. The molecule has 0 unspecified atom stereocenters. The fraction of sp³-hybridized carbons (Fsp3) is 0.444. The van der Waals surface area contributed by atoms with Crippen molar-refractivity contribution in [3.05, 3.63) is 41.6 Å². The molecule has 2 fully saturated rings. The van der Waals surface area contributed by atoms with Gasteiger partial charge >= 0.3 is 6.18 Å². The highest BCUT2D eigenvalue weighted by molar-refractivity contribution is 6.15. The zero-order valence-electron chi connectivity index (χ0n) is 14.4. The Kier molecular flexibility index (Phi) is 4.24. The quantitative estimate of drug-likeness (QED) is 0.670. The standard InChI is InChI=1S/C18H19F3N6/c19-18(20,21)13-7-12(25-8-26-13)15(23)14-11(22)5-6-24-17(14)27-16(9-1-2-9)10-3-4-10/h5-10,16,23H,1-4H2,(H3,22,24,27). The molecular weight excluding hydrogens is 357 g/mol. The minimum atomic E-state index is -4.61. The zero-order chi connectivity index (χ0) is 19.2. The summed E-state index contributed by atoms with van der Waals surface area (Å²) in [5.41, 5.74) is 5.16. The van der Waals surface area contributed by atoms with E-state index in [4.69, 9.17) is 11.1 Å². The maximum Gasteiger partial charge on any atom is 0.433 e. The van der Waals surface area contributed by atoms with Crippen LogP contribution in [0.1, 0.15) is 42.6 Å². The molecule has 0 radical (unpaired) electrons. The molecule has 142 valence electrons. The van der Waals surface area contributed by atoms with E-state index in [9.17, 15) is 13.2 Å². The molecule has 0 saturated heterocycles. The lowest BCUT2D eigenvalue weighted by Gasteiger charge is -2.21. The van der Waals surface area contributed by atoms with Crippen LogP contribution in [0.15, 0.2) is 24.7 Å². The lowest BCUT2D eigenvalue weighted by atomic mass is 10.0. The number of anilines is 2. The van der Waals surface area contributed by atoms with Gasteiger partial charge in [0.2, 0.25) is 0 Å². The summed E-state index contributed by atoms with van der Waals surface area (Å²) in [6.45, 7) is 0. The fourth-order valence-corrected chi connectivity index (χ4v) is 3.32. The number of hydrogen-bond donors (Lipinski definition) is 3. The van der Waals surface area contributed by atoms with Crippen molar-refractivity contribution < 1.29 is 13.2 Å². The number of aromatic nitrogens is 3. The number of nitrogens with one attached hydrogen (secondary N) is 2. The third-order valence-electron chi connectivity index (χ3n) is 5.01. The average Bonchev–Trinajstić information content (AvgIpc) is 3.52. The molecule has 0 aromatic carbocycles. The molecule has 2 saturated carbocycles. The molecule has 4 N–H and O–H groups in total. The minimum absolute atomic E-state index is 0.144. The molecule has 4 rings (SSSR count). The number of nitrogens with two attached hydrogens (primary N) is 1. The second-order valence-corrected chi connectivity index (χ2v) is 7.13. The van der Waals surface area contributed by atoms with Gasteiger partial charge in [-0.25, -0.2) is 15.0 Å². The SMILES string of the molecule is N=C(c1cc(C(F)(F)F)ncn1)c1c(N)ccnc1NC(C1CC1)C1CC1. The van der Waals surface area contributed by atoms with Crippen molar-refractivity contribution in [3.8, 4) is 0 Å². The Morgan fingerprint density at radius 3 is 2.41 bits per heavy atom. The first kappa shape index (κ1) is 17.7. The lowest BCUT2D eigenvalue weighted by molar-refractivity contribution is -0.141. The Bertz CT molecular complexity index is 862. The smallest absolute Gasteiger partial charge is 0.398 e. The van der Waals surface area contributed by atoms with Gasteiger partial charge in [-0.05, 0) is 49.7 Å². The van der Waals surface area contributed by atoms with Gasteiger partial charge < -0.3 is 11.1 Å². The number of nitrogen functional groups attached to an aromatic ring is 1. The van der Waals surface area contributed by atoms with E-state index in [0.29, 0.717) is 17.7 Å². The van der Waals surface area contributed by atoms with Crippen LogP contribution in [0.2, 0.25) is 0 Å². The van der Waals surface area contributed by atoms with Gasteiger partial charge in [0.25, 0.3) is 0 Å². The van der Waals surface area contributed by atoms with Gasteiger partial charge in [0.05, 0.1) is 17.0 Å². The predicted molar refractivity (Wildman–Crippen MR) is 94.5 cm³/mol. The summed E-state index contributed by atoms with van der Waals surface area (Å²) in [7, 11) is 0. The molecule has 27 heavy (non-hydrogen) atoms. The van der Waals surface area contributed by atoms with E-state index in [0.717, 1.165) is 38.1 Å².